The van der Waals surface area contributed by atoms with Crippen molar-refractivity contribution in [2.45, 2.75) is 20.4 Å². The van der Waals surface area contributed by atoms with Crippen LogP contribution in [0.15, 0.2) is 30.3 Å². The summed E-state index contributed by atoms with van der Waals surface area (Å²) >= 11 is 0. The molecule has 0 fully saturated rings. The second kappa shape index (κ2) is 7.04. The van der Waals surface area contributed by atoms with Gasteiger partial charge in [-0.3, -0.25) is 4.79 Å². The van der Waals surface area contributed by atoms with E-state index in [2.05, 4.69) is 11.4 Å². The molecule has 5 nitrogen and oxygen atoms in total. The number of likely N-dealkylation sites (N-methyl/N-ethyl adjacent to an activating group) is 2. The Kier molecular flexibility index (Phi) is 5.11. The minimum atomic E-state index is -0.00252. The summed E-state index contributed by atoms with van der Waals surface area (Å²) in [6.45, 7) is 5.95. The smallest absolute Gasteiger partial charge is 0.239 e. The number of hydrogen-bond donors (Lipinski definition) is 2. The number of aromatic nitrogens is 1. The average molecular weight is 286 g/mol. The predicted molar refractivity (Wildman–Crippen MR) is 86.2 cm³/mol. The molecule has 0 saturated carbocycles. The fraction of sp³-hybridized carbons (Fsp3) is 0.375. The van der Waals surface area contributed by atoms with Crippen LogP contribution in [0.2, 0.25) is 0 Å². The fourth-order valence-electron chi connectivity index (χ4n) is 2.34. The number of anilines is 1. The van der Waals surface area contributed by atoms with Gasteiger partial charge in [0.25, 0.3) is 0 Å². The van der Waals surface area contributed by atoms with Gasteiger partial charge in [-0.25, -0.2) is 4.98 Å². The van der Waals surface area contributed by atoms with Crippen LogP contribution >= 0.6 is 0 Å². The van der Waals surface area contributed by atoms with Crippen molar-refractivity contribution in [3.05, 3.63) is 35.9 Å². The van der Waals surface area contributed by atoms with E-state index in [1.807, 2.05) is 43.0 Å². The van der Waals surface area contributed by atoms with Crippen LogP contribution in [0.25, 0.3) is 10.9 Å². The number of fused-ring (bicyclic) bond motifs is 1. The molecule has 2 aromatic rings. The summed E-state index contributed by atoms with van der Waals surface area (Å²) in [6, 6.07) is 9.99. The molecule has 1 amide bonds. The van der Waals surface area contributed by atoms with E-state index in [0.29, 0.717) is 26.2 Å². The van der Waals surface area contributed by atoms with Gasteiger partial charge in [-0.05, 0) is 26.0 Å². The van der Waals surface area contributed by atoms with Crippen molar-refractivity contribution in [3.8, 4) is 0 Å². The van der Waals surface area contributed by atoms with Gasteiger partial charge in [0.2, 0.25) is 5.91 Å². The first-order chi connectivity index (χ1) is 10.2. The third kappa shape index (κ3) is 3.49. The highest BCUT2D eigenvalue weighted by Crippen LogP contribution is 2.23. The Morgan fingerprint density at radius 3 is 2.76 bits per heavy atom. The van der Waals surface area contributed by atoms with Crippen LogP contribution in [-0.2, 0) is 11.3 Å². The molecule has 0 atom stereocenters. The number of amides is 1. The van der Waals surface area contributed by atoms with Gasteiger partial charge in [0.15, 0.2) is 0 Å². The van der Waals surface area contributed by atoms with Crippen molar-refractivity contribution >= 4 is 22.6 Å². The van der Waals surface area contributed by atoms with Gasteiger partial charge in [-0.2, -0.15) is 0 Å². The SMILES string of the molecule is CCNC(=O)CN(CC)c1nc2ccccc2cc1CN. The third-order valence-corrected chi connectivity index (χ3v) is 3.39. The normalized spacial score (nSPS) is 10.6. The molecule has 112 valence electrons. The molecule has 0 unspecified atom stereocenters. The summed E-state index contributed by atoms with van der Waals surface area (Å²) in [5.41, 5.74) is 7.73. The maximum Gasteiger partial charge on any atom is 0.239 e. The summed E-state index contributed by atoms with van der Waals surface area (Å²) in [5, 5.41) is 3.88. The summed E-state index contributed by atoms with van der Waals surface area (Å²) < 4.78 is 0. The molecule has 0 saturated heterocycles. The number of nitrogens with zero attached hydrogens (tertiary/aromatic N) is 2. The summed E-state index contributed by atoms with van der Waals surface area (Å²) in [6.07, 6.45) is 0. The lowest BCUT2D eigenvalue weighted by Gasteiger charge is -2.24. The molecule has 0 aliphatic carbocycles. The van der Waals surface area contributed by atoms with Gasteiger partial charge in [-0.1, -0.05) is 18.2 Å². The highest BCUT2D eigenvalue weighted by Gasteiger charge is 2.15. The summed E-state index contributed by atoms with van der Waals surface area (Å²) in [7, 11) is 0. The van der Waals surface area contributed by atoms with Crippen molar-refractivity contribution in [2.24, 2.45) is 5.73 Å². The second-order valence-electron chi connectivity index (χ2n) is 4.84. The molecule has 1 aromatic heterocycles. The average Bonchev–Trinajstić information content (AvgIpc) is 2.51. The molecule has 1 heterocycles. The molecule has 0 bridgehead atoms. The van der Waals surface area contributed by atoms with Crippen molar-refractivity contribution < 1.29 is 4.79 Å². The van der Waals surface area contributed by atoms with Crippen LogP contribution in [0.3, 0.4) is 0 Å². The Labute approximate surface area is 125 Å². The van der Waals surface area contributed by atoms with E-state index < -0.39 is 0 Å². The van der Waals surface area contributed by atoms with Crippen molar-refractivity contribution in [1.82, 2.24) is 10.3 Å². The van der Waals surface area contributed by atoms with E-state index in [9.17, 15) is 4.79 Å². The molecular weight excluding hydrogens is 264 g/mol. The van der Waals surface area contributed by atoms with Gasteiger partial charge in [-0.15, -0.1) is 0 Å². The van der Waals surface area contributed by atoms with Crippen LogP contribution in [0.4, 0.5) is 5.82 Å². The lowest BCUT2D eigenvalue weighted by Crippen LogP contribution is -2.38. The first-order valence-corrected chi connectivity index (χ1v) is 7.30. The van der Waals surface area contributed by atoms with E-state index in [1.54, 1.807) is 0 Å². The zero-order chi connectivity index (χ0) is 15.2. The summed E-state index contributed by atoms with van der Waals surface area (Å²) in [5.74, 6) is 0.794. The number of hydrogen-bond acceptors (Lipinski definition) is 4. The number of nitrogens with two attached hydrogens (primary N) is 1. The number of carbonyl (C=O) groups is 1. The van der Waals surface area contributed by atoms with E-state index >= 15 is 0 Å². The van der Waals surface area contributed by atoms with Crippen LogP contribution in [0, 0.1) is 0 Å². The number of benzene rings is 1. The highest BCUT2D eigenvalue weighted by atomic mass is 16.2. The topological polar surface area (TPSA) is 71.2 Å². The third-order valence-electron chi connectivity index (χ3n) is 3.39. The van der Waals surface area contributed by atoms with Crippen LogP contribution < -0.4 is 16.0 Å². The first kappa shape index (κ1) is 15.3. The van der Waals surface area contributed by atoms with Gasteiger partial charge in [0.1, 0.15) is 5.82 Å². The minimum Gasteiger partial charge on any atom is -0.355 e. The molecule has 0 aliphatic rings. The molecule has 0 spiro atoms. The zero-order valence-electron chi connectivity index (χ0n) is 12.6. The van der Waals surface area contributed by atoms with Crippen molar-refractivity contribution in [3.63, 3.8) is 0 Å². The van der Waals surface area contributed by atoms with Crippen LogP contribution in [0.1, 0.15) is 19.4 Å². The maximum atomic E-state index is 11.8. The van der Waals surface area contributed by atoms with Crippen LogP contribution in [-0.4, -0.2) is 30.5 Å². The Bertz CT molecular complexity index is 627. The van der Waals surface area contributed by atoms with Gasteiger partial charge < -0.3 is 16.0 Å². The van der Waals surface area contributed by atoms with Crippen molar-refractivity contribution in [2.75, 3.05) is 24.5 Å². The Balaban J connectivity index is 2.39. The lowest BCUT2D eigenvalue weighted by molar-refractivity contribution is -0.119. The predicted octanol–water partition coefficient (Wildman–Crippen LogP) is 1.66. The molecule has 1 aromatic carbocycles. The minimum absolute atomic E-state index is 0.00252. The van der Waals surface area contributed by atoms with E-state index in [4.69, 9.17) is 10.7 Å². The first-order valence-electron chi connectivity index (χ1n) is 7.30. The maximum absolute atomic E-state index is 11.8. The van der Waals surface area contributed by atoms with Gasteiger partial charge in [0, 0.05) is 30.6 Å². The lowest BCUT2D eigenvalue weighted by atomic mass is 10.1. The van der Waals surface area contributed by atoms with Crippen molar-refractivity contribution in [1.29, 1.82) is 0 Å². The molecule has 5 heteroatoms. The van der Waals surface area contributed by atoms with Crippen LogP contribution in [0.5, 0.6) is 0 Å². The molecule has 0 radical (unpaired) electrons. The number of carbonyl (C=O) groups excluding carboxylic acids is 1. The van der Waals surface area contributed by atoms with E-state index in [-0.39, 0.29) is 5.91 Å². The Morgan fingerprint density at radius 1 is 1.33 bits per heavy atom. The number of nitrogens with one attached hydrogen (secondary N) is 1. The highest BCUT2D eigenvalue weighted by molar-refractivity contribution is 5.84. The zero-order valence-corrected chi connectivity index (χ0v) is 12.6. The molecule has 3 N–H and O–H groups in total. The monoisotopic (exact) mass is 286 g/mol. The number of pyridine rings is 1. The standard InChI is InChI=1S/C16H22N4O/c1-3-18-15(21)11-20(4-2)16-13(10-17)9-12-7-5-6-8-14(12)19-16/h5-9H,3-4,10-11,17H2,1-2H3,(H,18,21). The number of para-hydroxylation sites is 1. The Morgan fingerprint density at radius 2 is 2.10 bits per heavy atom. The molecule has 2 rings (SSSR count). The fourth-order valence-corrected chi connectivity index (χ4v) is 2.34. The van der Waals surface area contributed by atoms with Gasteiger partial charge in [0.05, 0.1) is 12.1 Å². The second-order valence-corrected chi connectivity index (χ2v) is 4.84. The van der Waals surface area contributed by atoms with E-state index in [0.717, 1.165) is 22.3 Å². The quantitative estimate of drug-likeness (QED) is 0.847. The molecule has 21 heavy (non-hydrogen) atoms. The number of rotatable bonds is 6. The van der Waals surface area contributed by atoms with E-state index in [1.165, 1.54) is 0 Å². The molecule has 0 aliphatic heterocycles. The molecular formula is C16H22N4O. The summed E-state index contributed by atoms with van der Waals surface area (Å²) in [4.78, 5) is 18.5. The van der Waals surface area contributed by atoms with Gasteiger partial charge >= 0.3 is 0 Å². The largest absolute Gasteiger partial charge is 0.355 e. The Hall–Kier alpha value is -2.14.